The topological polar surface area (TPSA) is 68.2 Å². The van der Waals surface area contributed by atoms with E-state index in [-0.39, 0.29) is 6.61 Å². The summed E-state index contributed by atoms with van der Waals surface area (Å²) >= 11 is 0. The van der Waals surface area contributed by atoms with E-state index in [1.54, 1.807) is 7.11 Å². The van der Waals surface area contributed by atoms with Crippen LogP contribution in [0.4, 0.5) is 0 Å². The van der Waals surface area contributed by atoms with Gasteiger partial charge in [-0.05, 0) is 0 Å². The predicted octanol–water partition coefficient (Wildman–Crippen LogP) is -1.74. The first-order valence-corrected chi connectivity index (χ1v) is 4.51. The van der Waals surface area contributed by atoms with Gasteiger partial charge in [0.15, 0.2) is 0 Å². The average Bonchev–Trinajstić information content (AvgIpc) is 2.45. The summed E-state index contributed by atoms with van der Waals surface area (Å²) in [7, 11) is 7.12. The highest BCUT2D eigenvalue weighted by Crippen LogP contribution is 2.21. The molecule has 0 saturated carbocycles. The van der Waals surface area contributed by atoms with Crippen LogP contribution in [0.25, 0.3) is 0 Å². The van der Waals surface area contributed by atoms with Gasteiger partial charge in [0.25, 0.3) is 0 Å². The molecule has 1 aliphatic heterocycles. The molecule has 1 aliphatic rings. The minimum atomic E-state index is -0.883. The van der Waals surface area contributed by atoms with E-state index in [4.69, 9.17) is 27.2 Å². The maximum Gasteiger partial charge on any atom is 0.112 e. The maximum absolute atomic E-state index is 9.59. The molecule has 6 heteroatoms. The third kappa shape index (κ3) is 2.68. The van der Waals surface area contributed by atoms with Gasteiger partial charge in [-0.15, -0.1) is 0 Å². The molecule has 0 amide bonds. The monoisotopic (exact) mass is 202 g/mol. The smallest absolute Gasteiger partial charge is 0.112 e. The van der Waals surface area contributed by atoms with E-state index in [9.17, 15) is 5.11 Å². The van der Waals surface area contributed by atoms with Gasteiger partial charge in [-0.2, -0.15) is 0 Å². The van der Waals surface area contributed by atoms with Crippen LogP contribution in [0, 0.1) is 0 Å². The zero-order valence-corrected chi connectivity index (χ0v) is 8.13. The maximum atomic E-state index is 9.59. The molecule has 2 N–H and O–H groups in total. The van der Waals surface area contributed by atoms with E-state index in [0.717, 1.165) is 0 Å². The lowest BCUT2D eigenvalue weighted by Crippen LogP contribution is -2.37. The van der Waals surface area contributed by atoms with Gasteiger partial charge >= 0.3 is 0 Å². The Morgan fingerprint density at radius 3 is 2.64 bits per heavy atom. The third-order valence-corrected chi connectivity index (χ3v) is 2.15. The first-order valence-electron chi connectivity index (χ1n) is 4.51. The van der Waals surface area contributed by atoms with Gasteiger partial charge in [-0.25, -0.2) is 0 Å². The predicted molar refractivity (Wildman–Crippen MR) is 49.1 cm³/mol. The molecule has 2 unspecified atom stereocenters. The van der Waals surface area contributed by atoms with E-state index < -0.39 is 24.3 Å². The highest BCUT2D eigenvalue weighted by atomic mass is 16.6. The van der Waals surface area contributed by atoms with E-state index in [1.807, 2.05) is 0 Å². The fourth-order valence-electron chi connectivity index (χ4n) is 1.38. The molecule has 0 aromatic heterocycles. The number of rotatable bonds is 5. The summed E-state index contributed by atoms with van der Waals surface area (Å²) in [5.74, 6) is 0. The van der Waals surface area contributed by atoms with Crippen LogP contribution in [0.1, 0.15) is 0 Å². The molecular formula is C8H15BO5. The van der Waals surface area contributed by atoms with Crippen LogP contribution in [0.2, 0.25) is 0 Å². The van der Waals surface area contributed by atoms with Crippen molar-refractivity contribution in [2.24, 2.45) is 0 Å². The van der Waals surface area contributed by atoms with Gasteiger partial charge in [-0.1, -0.05) is 0 Å². The van der Waals surface area contributed by atoms with Gasteiger partial charge in [0.05, 0.1) is 19.8 Å². The van der Waals surface area contributed by atoms with Crippen molar-refractivity contribution >= 4 is 7.85 Å². The number of ether oxygens (including phenoxy) is 3. The number of aliphatic hydroxyl groups is 2. The summed E-state index contributed by atoms with van der Waals surface area (Å²) in [4.78, 5) is 0. The zero-order valence-electron chi connectivity index (χ0n) is 8.13. The second-order valence-corrected chi connectivity index (χ2v) is 3.14. The van der Waals surface area contributed by atoms with Crippen LogP contribution in [0.15, 0.2) is 0 Å². The van der Waals surface area contributed by atoms with Gasteiger partial charge in [0.1, 0.15) is 26.2 Å². The Kier molecular flexibility index (Phi) is 4.84. The molecule has 80 valence electrons. The van der Waals surface area contributed by atoms with Crippen LogP contribution in [0.3, 0.4) is 0 Å². The normalized spacial score (nSPS) is 37.6. The molecule has 0 spiro atoms. The number of hydrogen-bond donors (Lipinski definition) is 2. The highest BCUT2D eigenvalue weighted by molar-refractivity contribution is 6.11. The van der Waals surface area contributed by atoms with Crippen LogP contribution >= 0.6 is 0 Å². The number of hydrogen-bond acceptors (Lipinski definition) is 5. The van der Waals surface area contributed by atoms with Crippen molar-refractivity contribution < 1.29 is 24.4 Å². The minimum Gasteiger partial charge on any atom is -0.394 e. The Balaban J connectivity index is 2.36. The van der Waals surface area contributed by atoms with Crippen LogP contribution in [-0.2, 0) is 14.2 Å². The Morgan fingerprint density at radius 1 is 1.43 bits per heavy atom. The first kappa shape index (κ1) is 11.9. The van der Waals surface area contributed by atoms with Crippen molar-refractivity contribution in [1.29, 1.82) is 0 Å². The lowest BCUT2D eigenvalue weighted by atomic mass is 9.93. The van der Waals surface area contributed by atoms with E-state index in [2.05, 4.69) is 0 Å². The minimum absolute atomic E-state index is 0.265. The summed E-state index contributed by atoms with van der Waals surface area (Å²) in [5, 5.41) is 18.4. The van der Waals surface area contributed by atoms with Crippen LogP contribution in [-0.4, -0.2) is 69.3 Å². The van der Waals surface area contributed by atoms with Gasteiger partial charge < -0.3 is 24.4 Å². The van der Waals surface area contributed by atoms with Crippen molar-refractivity contribution in [3.63, 3.8) is 0 Å². The average molecular weight is 202 g/mol. The molecule has 0 aromatic rings. The van der Waals surface area contributed by atoms with Crippen molar-refractivity contribution in [3.05, 3.63) is 0 Å². The summed E-state index contributed by atoms with van der Waals surface area (Å²) < 4.78 is 15.1. The van der Waals surface area contributed by atoms with Gasteiger partial charge in [-0.3, -0.25) is 0 Å². The van der Waals surface area contributed by atoms with Crippen LogP contribution in [0.5, 0.6) is 0 Å². The lowest BCUT2D eigenvalue weighted by Gasteiger charge is -2.18. The Hall–Kier alpha value is -0.135. The fourth-order valence-corrected chi connectivity index (χ4v) is 1.38. The molecule has 0 bridgehead atoms. The lowest BCUT2D eigenvalue weighted by molar-refractivity contribution is -0.0415. The fraction of sp³-hybridized carbons (Fsp3) is 1.00. The second kappa shape index (κ2) is 5.67. The number of methoxy groups -OCH3 is 1. The molecule has 5 nitrogen and oxygen atoms in total. The summed E-state index contributed by atoms with van der Waals surface area (Å²) in [6, 6.07) is -0.695. The molecule has 0 aliphatic carbocycles. The Morgan fingerprint density at radius 2 is 2.14 bits per heavy atom. The summed E-state index contributed by atoms with van der Waals surface area (Å²) in [6.07, 6.45) is -2.13. The zero-order chi connectivity index (χ0) is 10.6. The third-order valence-electron chi connectivity index (χ3n) is 2.15. The molecule has 0 aromatic carbocycles. The van der Waals surface area contributed by atoms with Crippen molar-refractivity contribution in [1.82, 2.24) is 0 Å². The molecular weight excluding hydrogens is 187 g/mol. The molecule has 1 fully saturated rings. The highest BCUT2D eigenvalue weighted by Gasteiger charge is 2.41. The van der Waals surface area contributed by atoms with E-state index >= 15 is 0 Å². The molecule has 2 radical (unpaired) electrons. The summed E-state index contributed by atoms with van der Waals surface area (Å²) in [5.41, 5.74) is 0. The summed E-state index contributed by atoms with van der Waals surface area (Å²) in [6.45, 7) is 0.506. The Labute approximate surface area is 84.4 Å². The van der Waals surface area contributed by atoms with Crippen LogP contribution < -0.4 is 0 Å². The molecule has 14 heavy (non-hydrogen) atoms. The molecule has 1 heterocycles. The van der Waals surface area contributed by atoms with E-state index in [0.29, 0.717) is 13.2 Å². The van der Waals surface area contributed by atoms with Gasteiger partial charge in [0, 0.05) is 13.1 Å². The quantitative estimate of drug-likeness (QED) is 0.409. The second-order valence-electron chi connectivity index (χ2n) is 3.14. The standard InChI is InChI=1S/C8H15BO5/c1-12-2-3-13-7-6(11)5(4-10)14-8(7)9/h5-8,10-11H,2-4H2,1H3/t5-,6?,7?,8-/m1/s1. The molecule has 1 saturated heterocycles. The Bertz CT molecular complexity index is 168. The first-order chi connectivity index (χ1) is 6.70. The largest absolute Gasteiger partial charge is 0.394 e. The molecule has 1 rings (SSSR count). The SMILES string of the molecule is [B][C@@H]1O[C@H](CO)C(O)C1OCCOC. The van der Waals surface area contributed by atoms with Crippen molar-refractivity contribution in [3.8, 4) is 0 Å². The number of aliphatic hydroxyl groups excluding tert-OH is 2. The van der Waals surface area contributed by atoms with Crippen molar-refractivity contribution in [2.45, 2.75) is 24.3 Å². The van der Waals surface area contributed by atoms with Crippen molar-refractivity contribution in [2.75, 3.05) is 26.9 Å². The van der Waals surface area contributed by atoms with E-state index in [1.165, 1.54) is 0 Å². The van der Waals surface area contributed by atoms with Gasteiger partial charge in [0.2, 0.25) is 0 Å². The molecule has 4 atom stereocenters.